The number of benzene rings is 2. The molecule has 3 N–H and O–H groups in total. The molecule has 0 bridgehead atoms. The van der Waals surface area contributed by atoms with Crippen LogP contribution in [0.1, 0.15) is 58.0 Å². The normalized spacial score (nSPS) is 11.9. The quantitative estimate of drug-likeness (QED) is 0.418. The molecule has 27 heavy (non-hydrogen) atoms. The van der Waals surface area contributed by atoms with Gasteiger partial charge in [0.25, 0.3) is 0 Å². The van der Waals surface area contributed by atoms with E-state index in [1.807, 2.05) is 12.1 Å². The number of carboxylic acids is 1. The fourth-order valence-corrected chi connectivity index (χ4v) is 2.97. The van der Waals surface area contributed by atoms with E-state index in [9.17, 15) is 19.8 Å². The van der Waals surface area contributed by atoms with E-state index in [0.717, 1.165) is 24.9 Å². The van der Waals surface area contributed by atoms with Crippen LogP contribution < -0.4 is 5.32 Å². The SMILES string of the molecule is CCCCNCC(O)CCc1ccccc1C(=O)c1ccccc1C(=O)O. The van der Waals surface area contributed by atoms with E-state index in [0.29, 0.717) is 24.9 Å². The average molecular weight is 369 g/mol. The number of nitrogens with one attached hydrogen (secondary N) is 1. The highest BCUT2D eigenvalue weighted by molar-refractivity contribution is 6.14. The molecule has 2 rings (SSSR count). The Labute approximate surface area is 160 Å². The number of hydrogen-bond acceptors (Lipinski definition) is 4. The lowest BCUT2D eigenvalue weighted by Gasteiger charge is -2.14. The summed E-state index contributed by atoms with van der Waals surface area (Å²) in [5.74, 6) is -1.43. The lowest BCUT2D eigenvalue weighted by atomic mass is 9.92. The molecule has 0 radical (unpaired) electrons. The Morgan fingerprint density at radius 3 is 2.30 bits per heavy atom. The zero-order valence-electron chi connectivity index (χ0n) is 15.6. The number of unbranched alkanes of at least 4 members (excludes halogenated alkanes) is 1. The maximum atomic E-state index is 12.9. The van der Waals surface area contributed by atoms with E-state index < -0.39 is 12.1 Å². The molecule has 1 atom stereocenters. The Balaban J connectivity index is 2.09. The van der Waals surface area contributed by atoms with Gasteiger partial charge in [-0.05, 0) is 37.4 Å². The molecular formula is C22H27NO4. The molecule has 0 aromatic heterocycles. The van der Waals surface area contributed by atoms with Crippen molar-refractivity contribution in [1.29, 1.82) is 0 Å². The van der Waals surface area contributed by atoms with Crippen LogP contribution in [0.25, 0.3) is 0 Å². The van der Waals surface area contributed by atoms with Crippen LogP contribution in [0.3, 0.4) is 0 Å². The lowest BCUT2D eigenvalue weighted by Crippen LogP contribution is -2.28. The number of aliphatic hydroxyl groups excluding tert-OH is 1. The zero-order chi connectivity index (χ0) is 19.6. The van der Waals surface area contributed by atoms with Gasteiger partial charge >= 0.3 is 5.97 Å². The molecule has 2 aromatic rings. The molecule has 0 spiro atoms. The summed E-state index contributed by atoms with van der Waals surface area (Å²) >= 11 is 0. The Morgan fingerprint density at radius 1 is 1.00 bits per heavy atom. The Hall–Kier alpha value is -2.50. The zero-order valence-corrected chi connectivity index (χ0v) is 15.6. The fourth-order valence-electron chi connectivity index (χ4n) is 2.97. The molecule has 0 amide bonds. The highest BCUT2D eigenvalue weighted by atomic mass is 16.4. The smallest absolute Gasteiger partial charge is 0.336 e. The molecule has 0 aliphatic rings. The molecule has 2 aromatic carbocycles. The highest BCUT2D eigenvalue weighted by Crippen LogP contribution is 2.19. The second-order valence-corrected chi connectivity index (χ2v) is 6.59. The topological polar surface area (TPSA) is 86.6 Å². The van der Waals surface area contributed by atoms with Crippen LogP contribution in [-0.4, -0.2) is 41.2 Å². The lowest BCUT2D eigenvalue weighted by molar-refractivity contribution is 0.0692. The first-order valence-corrected chi connectivity index (χ1v) is 9.38. The summed E-state index contributed by atoms with van der Waals surface area (Å²) in [6.45, 7) is 3.53. The summed E-state index contributed by atoms with van der Waals surface area (Å²) in [6.07, 6.45) is 2.78. The predicted octanol–water partition coefficient (Wildman–Crippen LogP) is 3.30. The van der Waals surface area contributed by atoms with Gasteiger partial charge in [0.05, 0.1) is 11.7 Å². The van der Waals surface area contributed by atoms with Crippen LogP contribution >= 0.6 is 0 Å². The van der Waals surface area contributed by atoms with E-state index in [2.05, 4.69) is 12.2 Å². The van der Waals surface area contributed by atoms with Crippen LogP contribution in [-0.2, 0) is 6.42 Å². The minimum Gasteiger partial charge on any atom is -0.478 e. The van der Waals surface area contributed by atoms with Crippen LogP contribution in [0.4, 0.5) is 0 Å². The Morgan fingerprint density at radius 2 is 1.63 bits per heavy atom. The van der Waals surface area contributed by atoms with Crippen molar-refractivity contribution < 1.29 is 19.8 Å². The van der Waals surface area contributed by atoms with Crippen molar-refractivity contribution in [2.45, 2.75) is 38.7 Å². The van der Waals surface area contributed by atoms with E-state index in [-0.39, 0.29) is 16.9 Å². The van der Waals surface area contributed by atoms with Gasteiger partial charge in [-0.1, -0.05) is 55.8 Å². The third kappa shape index (κ3) is 6.01. The van der Waals surface area contributed by atoms with Gasteiger partial charge in [0.15, 0.2) is 5.78 Å². The van der Waals surface area contributed by atoms with E-state index >= 15 is 0 Å². The summed E-state index contributed by atoms with van der Waals surface area (Å²) in [5.41, 5.74) is 1.48. The van der Waals surface area contributed by atoms with Crippen molar-refractivity contribution in [3.63, 3.8) is 0 Å². The minimum atomic E-state index is -1.12. The molecule has 0 heterocycles. The van der Waals surface area contributed by atoms with Gasteiger partial charge in [-0.25, -0.2) is 4.79 Å². The van der Waals surface area contributed by atoms with Crippen LogP contribution in [0.2, 0.25) is 0 Å². The number of carboxylic acid groups (broad SMARTS) is 1. The largest absolute Gasteiger partial charge is 0.478 e. The van der Waals surface area contributed by atoms with Crippen molar-refractivity contribution in [3.8, 4) is 0 Å². The molecule has 1 unspecified atom stereocenters. The van der Waals surface area contributed by atoms with Gasteiger partial charge in [-0.3, -0.25) is 4.79 Å². The van der Waals surface area contributed by atoms with Gasteiger partial charge in [0.1, 0.15) is 0 Å². The van der Waals surface area contributed by atoms with Crippen molar-refractivity contribution in [3.05, 3.63) is 70.8 Å². The van der Waals surface area contributed by atoms with E-state index in [1.54, 1.807) is 24.3 Å². The first-order valence-electron chi connectivity index (χ1n) is 9.38. The fraction of sp³-hybridized carbons (Fsp3) is 0.364. The second-order valence-electron chi connectivity index (χ2n) is 6.59. The summed E-state index contributed by atoms with van der Waals surface area (Å²) in [6, 6.07) is 13.4. The van der Waals surface area contributed by atoms with Gasteiger partial charge in [0.2, 0.25) is 0 Å². The Kier molecular flexibility index (Phi) is 8.17. The van der Waals surface area contributed by atoms with E-state index in [1.165, 1.54) is 12.1 Å². The van der Waals surface area contributed by atoms with Gasteiger partial charge in [-0.15, -0.1) is 0 Å². The number of rotatable bonds is 11. The summed E-state index contributed by atoms with van der Waals surface area (Å²) in [5, 5.41) is 22.7. The van der Waals surface area contributed by atoms with E-state index in [4.69, 9.17) is 0 Å². The highest BCUT2D eigenvalue weighted by Gasteiger charge is 2.19. The number of ketones is 1. The molecule has 144 valence electrons. The maximum Gasteiger partial charge on any atom is 0.336 e. The second kappa shape index (κ2) is 10.6. The molecule has 0 aliphatic heterocycles. The maximum absolute atomic E-state index is 12.9. The third-order valence-corrected chi connectivity index (χ3v) is 4.50. The summed E-state index contributed by atoms with van der Waals surface area (Å²) < 4.78 is 0. The molecule has 0 aliphatic carbocycles. The third-order valence-electron chi connectivity index (χ3n) is 4.50. The van der Waals surface area contributed by atoms with Crippen LogP contribution in [0.5, 0.6) is 0 Å². The van der Waals surface area contributed by atoms with Gasteiger partial charge < -0.3 is 15.5 Å². The average Bonchev–Trinajstić information content (AvgIpc) is 2.69. The monoisotopic (exact) mass is 369 g/mol. The van der Waals surface area contributed by atoms with Crippen molar-refractivity contribution in [2.75, 3.05) is 13.1 Å². The number of aliphatic hydroxyl groups is 1. The number of hydrogen-bond donors (Lipinski definition) is 3. The van der Waals surface area contributed by atoms with Crippen LogP contribution in [0.15, 0.2) is 48.5 Å². The number of aryl methyl sites for hydroxylation is 1. The Bertz CT molecular complexity index is 772. The van der Waals surface area contributed by atoms with Gasteiger partial charge in [0, 0.05) is 17.7 Å². The first kappa shape index (κ1) is 20.8. The molecule has 0 saturated heterocycles. The standard InChI is InChI=1S/C22H27NO4/c1-2-3-14-23-15-17(24)13-12-16-8-4-5-9-18(16)21(25)19-10-6-7-11-20(19)22(26)27/h4-11,17,23-24H,2-3,12-15H2,1H3,(H,26,27). The minimum absolute atomic E-state index is 0.00235. The molecule has 0 fully saturated rings. The predicted molar refractivity (Wildman–Crippen MR) is 105 cm³/mol. The summed E-state index contributed by atoms with van der Waals surface area (Å²) in [4.78, 5) is 24.4. The van der Waals surface area contributed by atoms with Crippen molar-refractivity contribution >= 4 is 11.8 Å². The number of carbonyl (C=O) groups excluding carboxylic acids is 1. The van der Waals surface area contributed by atoms with Crippen molar-refractivity contribution in [2.24, 2.45) is 0 Å². The van der Waals surface area contributed by atoms with Gasteiger partial charge in [-0.2, -0.15) is 0 Å². The number of carbonyl (C=O) groups is 2. The molecule has 5 heteroatoms. The summed E-state index contributed by atoms with van der Waals surface area (Å²) in [7, 11) is 0. The molecule has 5 nitrogen and oxygen atoms in total. The number of aromatic carboxylic acids is 1. The first-order chi connectivity index (χ1) is 13.0. The molecular weight excluding hydrogens is 342 g/mol. The van der Waals surface area contributed by atoms with Crippen molar-refractivity contribution in [1.82, 2.24) is 5.32 Å². The van der Waals surface area contributed by atoms with Crippen LogP contribution in [0, 0.1) is 0 Å². The molecule has 0 saturated carbocycles.